The lowest BCUT2D eigenvalue weighted by Crippen LogP contribution is -3.15. The van der Waals surface area contributed by atoms with Crippen LogP contribution in [0.15, 0.2) is 11.8 Å². The van der Waals surface area contributed by atoms with Crippen molar-refractivity contribution in [2.45, 2.75) is 19.9 Å². The minimum Gasteiger partial charge on any atom is -1.00 e. The molecule has 0 fully saturated rings. The van der Waals surface area contributed by atoms with E-state index in [-0.39, 0.29) is 42.7 Å². The Hall–Kier alpha value is -0.140. The van der Waals surface area contributed by atoms with Gasteiger partial charge in [-0.1, -0.05) is 0 Å². The number of likely N-dealkylation sites (N-methyl/N-ethyl adjacent to an activating group) is 1. The van der Waals surface area contributed by atoms with Crippen molar-refractivity contribution in [2.75, 3.05) is 20.2 Å². The Balaban J connectivity index is 0.00000169. The molecule has 0 aromatic carbocycles. The highest BCUT2D eigenvalue weighted by atomic mass is 127. The van der Waals surface area contributed by atoms with Crippen LogP contribution in [0.2, 0.25) is 0 Å². The van der Waals surface area contributed by atoms with Crippen molar-refractivity contribution in [1.29, 1.82) is 0 Å². The van der Waals surface area contributed by atoms with Gasteiger partial charge in [-0.25, -0.2) is 9.69 Å². The normalized spacial score (nSPS) is 27.0. The summed E-state index contributed by atoms with van der Waals surface area (Å²) < 4.78 is 0. The molecule has 2 amide bonds. The van der Waals surface area contributed by atoms with Crippen LogP contribution in [0.5, 0.6) is 0 Å². The van der Waals surface area contributed by atoms with Gasteiger partial charge in [0.2, 0.25) is 0 Å². The molecule has 0 aromatic rings. The van der Waals surface area contributed by atoms with E-state index in [1.807, 2.05) is 19.9 Å². The van der Waals surface area contributed by atoms with Gasteiger partial charge in [0.05, 0.1) is 12.6 Å². The number of hydrogen-bond acceptors (Lipinski definition) is 2. The molecular weight excluding hydrogens is 295 g/mol. The lowest BCUT2D eigenvalue weighted by atomic mass is 10.2. The molecule has 1 aliphatic rings. The first-order chi connectivity index (χ1) is 6.07. The number of amides is 2. The maximum absolute atomic E-state index is 11.7. The Kier molecular flexibility index (Phi) is 5.61. The first-order valence-corrected chi connectivity index (χ1v) is 4.50. The van der Waals surface area contributed by atoms with Crippen molar-refractivity contribution in [2.24, 2.45) is 0 Å². The third-order valence-electron chi connectivity index (χ3n) is 2.52. The number of carbonyl (C=O) groups excluding carboxylic acids is 1. The number of carbonyl (C=O) groups is 1. The second kappa shape index (κ2) is 5.67. The van der Waals surface area contributed by atoms with Crippen LogP contribution in [0.25, 0.3) is 0 Å². The zero-order chi connectivity index (χ0) is 10.0. The molecule has 4 nitrogen and oxygen atoms in total. The number of nitrogens with one attached hydrogen (secondary N) is 1. The SMILES string of the molecule is CC1=CC(C)N(C)C(=O)[NH+]1CCO.[I-]. The zero-order valence-electron chi connectivity index (χ0n) is 8.75. The minimum absolute atomic E-state index is 0. The maximum Gasteiger partial charge on any atom is 0.422 e. The van der Waals surface area contributed by atoms with E-state index in [0.717, 1.165) is 10.6 Å². The molecule has 82 valence electrons. The smallest absolute Gasteiger partial charge is 0.422 e. The average molecular weight is 312 g/mol. The second-order valence-corrected chi connectivity index (χ2v) is 3.46. The molecule has 0 radical (unpaired) electrons. The van der Waals surface area contributed by atoms with Gasteiger partial charge in [0.15, 0.2) is 0 Å². The highest BCUT2D eigenvalue weighted by Crippen LogP contribution is 2.03. The molecule has 0 aromatic heterocycles. The van der Waals surface area contributed by atoms with Crippen molar-refractivity contribution in [3.8, 4) is 0 Å². The number of halogens is 1. The molecule has 5 heteroatoms. The van der Waals surface area contributed by atoms with Crippen LogP contribution in [0, 0.1) is 0 Å². The molecule has 0 spiro atoms. The van der Waals surface area contributed by atoms with Gasteiger partial charge in [0.25, 0.3) is 0 Å². The Bertz CT molecular complexity index is 243. The summed E-state index contributed by atoms with van der Waals surface area (Å²) in [5, 5.41) is 8.79. The monoisotopic (exact) mass is 312 g/mol. The third-order valence-corrected chi connectivity index (χ3v) is 2.52. The van der Waals surface area contributed by atoms with E-state index in [1.165, 1.54) is 0 Å². The Morgan fingerprint density at radius 2 is 2.21 bits per heavy atom. The lowest BCUT2D eigenvalue weighted by molar-refractivity contribution is -0.780. The van der Waals surface area contributed by atoms with Gasteiger partial charge in [-0.2, -0.15) is 0 Å². The van der Waals surface area contributed by atoms with Crippen LogP contribution in [0.3, 0.4) is 0 Å². The summed E-state index contributed by atoms with van der Waals surface area (Å²) in [4.78, 5) is 14.1. The molecule has 2 unspecified atom stereocenters. The van der Waals surface area contributed by atoms with Crippen molar-refractivity contribution in [1.82, 2.24) is 4.90 Å². The summed E-state index contributed by atoms with van der Waals surface area (Å²) in [7, 11) is 1.79. The predicted molar refractivity (Wildman–Crippen MR) is 49.3 cm³/mol. The summed E-state index contributed by atoms with van der Waals surface area (Å²) in [6.07, 6.45) is 2.05. The van der Waals surface area contributed by atoms with Crippen LogP contribution >= 0.6 is 0 Å². The van der Waals surface area contributed by atoms with Gasteiger partial charge < -0.3 is 29.1 Å². The van der Waals surface area contributed by atoms with Crippen molar-refractivity contribution in [3.63, 3.8) is 0 Å². The highest BCUT2D eigenvalue weighted by molar-refractivity contribution is 5.67. The summed E-state index contributed by atoms with van der Waals surface area (Å²) in [5.74, 6) is 0. The van der Waals surface area contributed by atoms with Crippen LogP contribution in [0.4, 0.5) is 4.79 Å². The second-order valence-electron chi connectivity index (χ2n) is 3.46. The molecule has 2 N–H and O–H groups in total. The van der Waals surface area contributed by atoms with Crippen LogP contribution < -0.4 is 28.9 Å². The van der Waals surface area contributed by atoms with E-state index in [0.29, 0.717) is 6.54 Å². The van der Waals surface area contributed by atoms with Gasteiger partial charge in [0.1, 0.15) is 12.2 Å². The van der Waals surface area contributed by atoms with E-state index in [2.05, 4.69) is 0 Å². The van der Waals surface area contributed by atoms with Crippen LogP contribution in [0.1, 0.15) is 13.8 Å². The quantitative estimate of drug-likeness (QED) is 0.514. The van der Waals surface area contributed by atoms with Crippen LogP contribution in [-0.2, 0) is 0 Å². The molecule has 0 saturated carbocycles. The highest BCUT2D eigenvalue weighted by Gasteiger charge is 2.32. The van der Waals surface area contributed by atoms with E-state index in [9.17, 15) is 4.79 Å². The number of quaternary nitrogens is 1. The van der Waals surface area contributed by atoms with Gasteiger partial charge in [-0.05, 0) is 13.0 Å². The largest absolute Gasteiger partial charge is 1.00 e. The van der Waals surface area contributed by atoms with Crippen molar-refractivity contribution < 1.29 is 38.8 Å². The van der Waals surface area contributed by atoms with Gasteiger partial charge >= 0.3 is 6.03 Å². The average Bonchev–Trinajstić information content (AvgIpc) is 2.09. The fraction of sp³-hybridized carbons (Fsp3) is 0.667. The molecule has 0 bridgehead atoms. The molecule has 0 saturated heterocycles. The summed E-state index contributed by atoms with van der Waals surface area (Å²) >= 11 is 0. The molecule has 2 atom stereocenters. The van der Waals surface area contributed by atoms with Crippen molar-refractivity contribution >= 4 is 6.03 Å². The fourth-order valence-electron chi connectivity index (χ4n) is 1.56. The number of hydrogen-bond donors (Lipinski definition) is 2. The number of aliphatic hydroxyl groups excluding tert-OH is 1. The van der Waals surface area contributed by atoms with Gasteiger partial charge in [-0.15, -0.1) is 0 Å². The summed E-state index contributed by atoms with van der Waals surface area (Å²) in [6.45, 7) is 4.40. The number of nitrogens with zero attached hydrogens (tertiary/aromatic N) is 1. The first-order valence-electron chi connectivity index (χ1n) is 4.50. The maximum atomic E-state index is 11.7. The zero-order valence-corrected chi connectivity index (χ0v) is 10.9. The number of urea groups is 1. The number of rotatable bonds is 2. The van der Waals surface area contributed by atoms with E-state index in [1.54, 1.807) is 11.9 Å². The molecule has 1 rings (SSSR count). The summed E-state index contributed by atoms with van der Waals surface area (Å²) in [5.41, 5.74) is 1.00. The number of allylic oxidation sites excluding steroid dienone is 1. The number of aliphatic hydroxyl groups is 1. The molecular formula is C9H17IN2O2. The van der Waals surface area contributed by atoms with E-state index >= 15 is 0 Å². The lowest BCUT2D eigenvalue weighted by Gasteiger charge is -2.30. The summed E-state index contributed by atoms with van der Waals surface area (Å²) in [6, 6.07) is 0.205. The molecule has 1 aliphatic heterocycles. The van der Waals surface area contributed by atoms with E-state index in [4.69, 9.17) is 5.11 Å². The van der Waals surface area contributed by atoms with E-state index < -0.39 is 0 Å². The van der Waals surface area contributed by atoms with Gasteiger partial charge in [0, 0.05) is 14.0 Å². The Labute approximate surface area is 102 Å². The van der Waals surface area contributed by atoms with Crippen LogP contribution in [-0.4, -0.2) is 42.3 Å². The molecule has 1 heterocycles. The first kappa shape index (κ1) is 13.9. The standard InChI is InChI=1S/C9H16N2O2.HI/c1-7-6-8(2)11(4-5-12)9(13)10(7)3;/h6-7,12H,4-5H2,1-3H3;1H. The van der Waals surface area contributed by atoms with Gasteiger partial charge in [-0.3, -0.25) is 4.90 Å². The molecule has 0 aliphatic carbocycles. The third kappa shape index (κ3) is 2.68. The fourth-order valence-corrected chi connectivity index (χ4v) is 1.56. The van der Waals surface area contributed by atoms with Crippen molar-refractivity contribution in [3.05, 3.63) is 11.8 Å². The Morgan fingerprint density at radius 1 is 1.64 bits per heavy atom. The molecule has 14 heavy (non-hydrogen) atoms. The topological polar surface area (TPSA) is 45.0 Å². The Morgan fingerprint density at radius 3 is 2.71 bits per heavy atom. The minimum atomic E-state index is 0. The predicted octanol–water partition coefficient (Wildman–Crippen LogP) is -3.77.